The predicted molar refractivity (Wildman–Crippen MR) is 108 cm³/mol. The number of likely N-dealkylation sites (tertiary alicyclic amines) is 1. The molecule has 1 saturated heterocycles. The number of rotatable bonds is 6. The lowest BCUT2D eigenvalue weighted by molar-refractivity contribution is -0.129. The van der Waals surface area contributed by atoms with Crippen LogP contribution in [0.4, 0.5) is 0 Å². The number of nitrogens with two attached hydrogens (primary N) is 1. The van der Waals surface area contributed by atoms with Gasteiger partial charge in [-0.3, -0.25) is 14.7 Å². The summed E-state index contributed by atoms with van der Waals surface area (Å²) in [4.78, 5) is 19.2. The summed E-state index contributed by atoms with van der Waals surface area (Å²) in [6.45, 7) is 1.34. The monoisotopic (exact) mass is 373 g/mol. The van der Waals surface area contributed by atoms with Gasteiger partial charge < -0.3 is 10.5 Å². The van der Waals surface area contributed by atoms with Crippen molar-refractivity contribution >= 4 is 5.91 Å². The lowest BCUT2D eigenvalue weighted by atomic mass is 9.90. The topological polar surface area (TPSA) is 68.5 Å². The van der Waals surface area contributed by atoms with Gasteiger partial charge in [0.05, 0.1) is 5.69 Å². The highest BCUT2D eigenvalue weighted by molar-refractivity contribution is 5.86. The maximum absolute atomic E-state index is 12.6. The third kappa shape index (κ3) is 3.37. The van der Waals surface area contributed by atoms with E-state index in [1.54, 1.807) is 6.20 Å². The van der Waals surface area contributed by atoms with Crippen LogP contribution >= 0.6 is 0 Å². The van der Waals surface area contributed by atoms with E-state index in [1.807, 2.05) is 72.8 Å². The van der Waals surface area contributed by atoms with Crippen LogP contribution < -0.4 is 10.5 Å². The fourth-order valence-electron chi connectivity index (χ4n) is 3.95. The van der Waals surface area contributed by atoms with Gasteiger partial charge in [-0.05, 0) is 49.7 Å². The molecule has 142 valence electrons. The van der Waals surface area contributed by atoms with Crippen molar-refractivity contribution in [3.05, 3.63) is 90.3 Å². The maximum atomic E-state index is 12.6. The molecule has 0 radical (unpaired) electrons. The summed E-state index contributed by atoms with van der Waals surface area (Å²) in [6.07, 6.45) is 3.27. The number of carbonyl (C=O) groups excluding carboxylic acids is 1. The summed E-state index contributed by atoms with van der Waals surface area (Å²) in [5.41, 5.74) is 6.75. The van der Waals surface area contributed by atoms with E-state index in [2.05, 4.69) is 9.88 Å². The Morgan fingerprint density at radius 1 is 1.04 bits per heavy atom. The van der Waals surface area contributed by atoms with Crippen LogP contribution in [0.5, 0.6) is 11.5 Å². The quantitative estimate of drug-likeness (QED) is 0.713. The Morgan fingerprint density at radius 2 is 1.79 bits per heavy atom. The Bertz CT molecular complexity index is 946. The lowest BCUT2D eigenvalue weighted by Gasteiger charge is -2.35. The molecule has 2 aromatic carbocycles. The van der Waals surface area contributed by atoms with Crippen molar-refractivity contribution in [1.82, 2.24) is 9.88 Å². The van der Waals surface area contributed by atoms with E-state index >= 15 is 0 Å². The van der Waals surface area contributed by atoms with Crippen LogP contribution in [0.3, 0.4) is 0 Å². The third-order valence-corrected chi connectivity index (χ3v) is 5.31. The molecule has 1 amide bonds. The van der Waals surface area contributed by atoms with Crippen molar-refractivity contribution in [3.63, 3.8) is 0 Å². The van der Waals surface area contributed by atoms with Crippen molar-refractivity contribution in [2.24, 2.45) is 5.73 Å². The van der Waals surface area contributed by atoms with Crippen molar-refractivity contribution in [1.29, 1.82) is 0 Å². The molecular formula is C23H23N3O2. The zero-order valence-electron chi connectivity index (χ0n) is 15.6. The second-order valence-electron chi connectivity index (χ2n) is 6.99. The summed E-state index contributed by atoms with van der Waals surface area (Å²) in [7, 11) is 0. The molecule has 0 aliphatic carbocycles. The standard InChI is InChI=1S/C23H23N3O2/c24-22(27)23(21-13-6-7-15-25-21)14-8-16-26(23)17-18-9-4-5-12-20(18)28-19-10-2-1-3-11-19/h1-7,9-13,15H,8,14,16-17H2,(H2,24,27)/t23-/m0/s1. The van der Waals surface area contributed by atoms with Crippen LogP contribution in [-0.2, 0) is 16.9 Å². The SMILES string of the molecule is NC(=O)[C@@]1(c2ccccn2)CCCN1Cc1ccccc1Oc1ccccc1. The Balaban J connectivity index is 1.66. The van der Waals surface area contributed by atoms with Gasteiger partial charge >= 0.3 is 0 Å². The predicted octanol–water partition coefficient (Wildman–Crippen LogP) is 3.85. The summed E-state index contributed by atoms with van der Waals surface area (Å²) < 4.78 is 6.10. The number of hydrogen-bond donors (Lipinski definition) is 1. The second-order valence-corrected chi connectivity index (χ2v) is 6.99. The number of benzene rings is 2. The highest BCUT2D eigenvalue weighted by atomic mass is 16.5. The van der Waals surface area contributed by atoms with Crippen LogP contribution in [0.1, 0.15) is 24.1 Å². The Morgan fingerprint density at radius 3 is 2.54 bits per heavy atom. The average molecular weight is 373 g/mol. The van der Waals surface area contributed by atoms with Crippen molar-refractivity contribution in [2.75, 3.05) is 6.54 Å². The molecule has 0 saturated carbocycles. The molecule has 2 heterocycles. The average Bonchev–Trinajstić information content (AvgIpc) is 3.16. The van der Waals surface area contributed by atoms with Gasteiger partial charge in [0.15, 0.2) is 0 Å². The van der Waals surface area contributed by atoms with Gasteiger partial charge in [0, 0.05) is 18.3 Å². The van der Waals surface area contributed by atoms with E-state index < -0.39 is 5.54 Å². The highest BCUT2D eigenvalue weighted by Crippen LogP contribution is 2.40. The molecule has 5 nitrogen and oxygen atoms in total. The smallest absolute Gasteiger partial charge is 0.244 e. The number of amides is 1. The van der Waals surface area contributed by atoms with Gasteiger partial charge in [0.25, 0.3) is 0 Å². The van der Waals surface area contributed by atoms with E-state index in [9.17, 15) is 4.79 Å². The summed E-state index contributed by atoms with van der Waals surface area (Å²) >= 11 is 0. The first-order valence-electron chi connectivity index (χ1n) is 9.47. The highest BCUT2D eigenvalue weighted by Gasteiger charge is 2.48. The number of para-hydroxylation sites is 2. The summed E-state index contributed by atoms with van der Waals surface area (Å²) in [5, 5.41) is 0. The lowest BCUT2D eigenvalue weighted by Crippen LogP contribution is -2.51. The Kier molecular flexibility index (Phi) is 5.08. The van der Waals surface area contributed by atoms with Gasteiger partial charge in [0.1, 0.15) is 17.0 Å². The number of aromatic nitrogens is 1. The normalized spacial score (nSPS) is 19.4. The molecule has 0 unspecified atom stereocenters. The number of ether oxygens (including phenoxy) is 1. The Hall–Kier alpha value is -3.18. The van der Waals surface area contributed by atoms with Gasteiger partial charge in [-0.15, -0.1) is 0 Å². The fourth-order valence-corrected chi connectivity index (χ4v) is 3.95. The third-order valence-electron chi connectivity index (χ3n) is 5.31. The van der Waals surface area contributed by atoms with Crippen molar-refractivity contribution in [3.8, 4) is 11.5 Å². The van der Waals surface area contributed by atoms with Crippen molar-refractivity contribution in [2.45, 2.75) is 24.9 Å². The first-order chi connectivity index (χ1) is 13.7. The van der Waals surface area contributed by atoms with E-state index in [-0.39, 0.29) is 5.91 Å². The van der Waals surface area contributed by atoms with E-state index in [4.69, 9.17) is 10.5 Å². The molecule has 5 heteroatoms. The van der Waals surface area contributed by atoms with Crippen LogP contribution in [0, 0.1) is 0 Å². The largest absolute Gasteiger partial charge is 0.457 e. The molecular weight excluding hydrogens is 350 g/mol. The first kappa shape index (κ1) is 18.2. The van der Waals surface area contributed by atoms with Gasteiger partial charge in [-0.2, -0.15) is 0 Å². The van der Waals surface area contributed by atoms with E-state index in [0.717, 1.165) is 30.0 Å². The number of carbonyl (C=O) groups is 1. The molecule has 3 aromatic rings. The van der Waals surface area contributed by atoms with Crippen LogP contribution in [-0.4, -0.2) is 22.3 Å². The summed E-state index contributed by atoms with van der Waals surface area (Å²) in [6, 6.07) is 23.2. The van der Waals surface area contributed by atoms with E-state index in [1.165, 1.54) is 0 Å². The minimum atomic E-state index is -0.888. The molecule has 1 aliphatic heterocycles. The number of primary amides is 1. The number of pyridine rings is 1. The molecule has 28 heavy (non-hydrogen) atoms. The fraction of sp³-hybridized carbons (Fsp3) is 0.217. The zero-order valence-corrected chi connectivity index (χ0v) is 15.6. The van der Waals surface area contributed by atoms with Crippen molar-refractivity contribution < 1.29 is 9.53 Å². The second kappa shape index (κ2) is 7.82. The number of nitrogens with zero attached hydrogens (tertiary/aromatic N) is 2. The molecule has 1 atom stereocenters. The minimum absolute atomic E-state index is 0.356. The molecule has 0 spiro atoms. The number of hydrogen-bond acceptors (Lipinski definition) is 4. The van der Waals surface area contributed by atoms with E-state index in [0.29, 0.717) is 18.7 Å². The molecule has 1 aliphatic rings. The first-order valence-corrected chi connectivity index (χ1v) is 9.47. The zero-order chi connectivity index (χ0) is 19.4. The van der Waals surface area contributed by atoms with Crippen LogP contribution in [0.2, 0.25) is 0 Å². The van der Waals surface area contributed by atoms with Crippen LogP contribution in [0.15, 0.2) is 79.0 Å². The van der Waals surface area contributed by atoms with Crippen LogP contribution in [0.25, 0.3) is 0 Å². The van der Waals surface area contributed by atoms with Gasteiger partial charge in [-0.25, -0.2) is 0 Å². The molecule has 0 bridgehead atoms. The molecule has 2 N–H and O–H groups in total. The van der Waals surface area contributed by atoms with Gasteiger partial charge in [0.2, 0.25) is 5.91 Å². The molecule has 1 aromatic heterocycles. The Labute approximate surface area is 164 Å². The van der Waals surface area contributed by atoms with Gasteiger partial charge in [-0.1, -0.05) is 42.5 Å². The maximum Gasteiger partial charge on any atom is 0.244 e. The summed E-state index contributed by atoms with van der Waals surface area (Å²) in [5.74, 6) is 1.20. The molecule has 1 fully saturated rings. The minimum Gasteiger partial charge on any atom is -0.457 e. The molecule has 4 rings (SSSR count).